The lowest BCUT2D eigenvalue weighted by atomic mass is 9.93. The van der Waals surface area contributed by atoms with Crippen molar-refractivity contribution in [3.05, 3.63) is 34.2 Å². The largest absolute Gasteiger partial charge is 0.392 e. The molecule has 1 aliphatic carbocycles. The van der Waals surface area contributed by atoms with Crippen LogP contribution in [0.25, 0.3) is 0 Å². The second kappa shape index (κ2) is 3.70. The summed E-state index contributed by atoms with van der Waals surface area (Å²) < 4.78 is 0. The molecule has 0 aliphatic heterocycles. The summed E-state index contributed by atoms with van der Waals surface area (Å²) in [6, 6.07) is 0. The van der Waals surface area contributed by atoms with Crippen LogP contribution in [-0.4, -0.2) is 26.8 Å². The average molecular weight is 221 g/mol. The Kier molecular flexibility index (Phi) is 2.49. The van der Waals surface area contributed by atoms with Crippen LogP contribution in [0.3, 0.4) is 0 Å². The molecule has 84 valence electrons. The van der Waals surface area contributed by atoms with Crippen molar-refractivity contribution in [2.75, 3.05) is 0 Å². The number of hydrogen-bond acceptors (Lipinski definition) is 4. The SMILES string of the molecule is CC1=CC(=O)c2[nH]c(CO)c(CO)c2C1=O. The number of hydrogen-bond donors (Lipinski definition) is 3. The molecule has 0 amide bonds. The number of fused-ring (bicyclic) bond motifs is 1. The molecule has 0 bridgehead atoms. The Morgan fingerprint density at radius 2 is 1.94 bits per heavy atom. The summed E-state index contributed by atoms with van der Waals surface area (Å²) in [6.07, 6.45) is 1.25. The molecule has 5 nitrogen and oxygen atoms in total. The molecule has 0 atom stereocenters. The second-order valence-electron chi connectivity index (χ2n) is 3.67. The van der Waals surface area contributed by atoms with Gasteiger partial charge >= 0.3 is 0 Å². The predicted molar refractivity (Wildman–Crippen MR) is 55.1 cm³/mol. The first kappa shape index (κ1) is 10.8. The van der Waals surface area contributed by atoms with E-state index in [1.165, 1.54) is 6.08 Å². The normalized spacial score (nSPS) is 15.1. The van der Waals surface area contributed by atoms with Crippen LogP contribution >= 0.6 is 0 Å². The van der Waals surface area contributed by atoms with Crippen LogP contribution in [-0.2, 0) is 13.2 Å². The lowest BCUT2D eigenvalue weighted by Gasteiger charge is -2.09. The van der Waals surface area contributed by atoms with Crippen LogP contribution in [0.1, 0.15) is 39.0 Å². The van der Waals surface area contributed by atoms with E-state index in [0.29, 0.717) is 16.8 Å². The topological polar surface area (TPSA) is 90.4 Å². The Hall–Kier alpha value is -1.72. The minimum Gasteiger partial charge on any atom is -0.392 e. The van der Waals surface area contributed by atoms with Crippen LogP contribution < -0.4 is 0 Å². The standard InChI is InChI=1S/C11H11NO4/c1-5-2-8(15)10-9(11(5)16)6(3-13)7(4-14)12-10/h2,12-14H,3-4H2,1H3. The monoisotopic (exact) mass is 221 g/mol. The number of Topliss-reactive ketones (excluding diaryl/α,β-unsaturated/α-hetero) is 1. The van der Waals surface area contributed by atoms with Crippen LogP contribution in [0.5, 0.6) is 0 Å². The number of allylic oxidation sites excluding steroid dienone is 2. The van der Waals surface area contributed by atoms with Crippen molar-refractivity contribution in [1.82, 2.24) is 4.98 Å². The average Bonchev–Trinajstić information content (AvgIpc) is 2.64. The van der Waals surface area contributed by atoms with Gasteiger partial charge in [-0.15, -0.1) is 0 Å². The fourth-order valence-corrected chi connectivity index (χ4v) is 1.87. The highest BCUT2D eigenvalue weighted by Crippen LogP contribution is 2.27. The van der Waals surface area contributed by atoms with Gasteiger partial charge in [0.2, 0.25) is 5.78 Å². The van der Waals surface area contributed by atoms with Crippen LogP contribution in [0.15, 0.2) is 11.6 Å². The number of carbonyl (C=O) groups is 2. The van der Waals surface area contributed by atoms with E-state index in [9.17, 15) is 14.7 Å². The molecule has 16 heavy (non-hydrogen) atoms. The summed E-state index contributed by atoms with van der Waals surface area (Å²) in [4.78, 5) is 26.1. The molecular weight excluding hydrogens is 210 g/mol. The van der Waals surface area contributed by atoms with E-state index in [4.69, 9.17) is 5.11 Å². The Bertz CT molecular complexity index is 510. The maximum Gasteiger partial charge on any atom is 0.203 e. The van der Waals surface area contributed by atoms with Gasteiger partial charge < -0.3 is 15.2 Å². The molecule has 1 aromatic rings. The van der Waals surface area contributed by atoms with Gasteiger partial charge in [0.25, 0.3) is 0 Å². The maximum atomic E-state index is 11.8. The molecule has 3 N–H and O–H groups in total. The second-order valence-corrected chi connectivity index (χ2v) is 3.67. The van der Waals surface area contributed by atoms with Gasteiger partial charge in [0.15, 0.2) is 5.78 Å². The lowest BCUT2D eigenvalue weighted by molar-refractivity contribution is 0.0981. The minimum atomic E-state index is -0.381. The van der Waals surface area contributed by atoms with Crippen molar-refractivity contribution in [1.29, 1.82) is 0 Å². The Labute approximate surface area is 91.4 Å². The minimum absolute atomic E-state index is 0.156. The Balaban J connectivity index is 2.70. The van der Waals surface area contributed by atoms with Gasteiger partial charge in [-0.2, -0.15) is 0 Å². The van der Waals surface area contributed by atoms with E-state index in [1.807, 2.05) is 0 Å². The van der Waals surface area contributed by atoms with E-state index < -0.39 is 0 Å². The van der Waals surface area contributed by atoms with Crippen molar-refractivity contribution in [3.8, 4) is 0 Å². The van der Waals surface area contributed by atoms with Gasteiger partial charge in [0, 0.05) is 16.8 Å². The number of nitrogens with one attached hydrogen (secondary N) is 1. The predicted octanol–water partition coefficient (Wildman–Crippen LogP) is 0.325. The number of carbonyl (C=O) groups excluding carboxylic acids is 2. The molecule has 1 heterocycles. The number of aromatic amines is 1. The van der Waals surface area contributed by atoms with Crippen molar-refractivity contribution in [2.45, 2.75) is 20.1 Å². The number of aliphatic hydroxyl groups is 2. The van der Waals surface area contributed by atoms with Crippen molar-refractivity contribution < 1.29 is 19.8 Å². The summed E-state index contributed by atoms with van der Waals surface area (Å²) in [5, 5.41) is 18.2. The Morgan fingerprint density at radius 3 is 2.50 bits per heavy atom. The molecule has 0 saturated carbocycles. The lowest BCUT2D eigenvalue weighted by Crippen LogP contribution is -2.15. The molecule has 2 rings (SSSR count). The molecule has 0 unspecified atom stereocenters. The van der Waals surface area contributed by atoms with Crippen LogP contribution in [0.4, 0.5) is 0 Å². The van der Waals surface area contributed by atoms with Gasteiger partial charge in [-0.05, 0) is 13.0 Å². The van der Waals surface area contributed by atoms with Crippen molar-refractivity contribution >= 4 is 11.6 Å². The molecule has 0 spiro atoms. The number of ketones is 2. The molecular formula is C11H11NO4. The van der Waals surface area contributed by atoms with Gasteiger partial charge in [-0.3, -0.25) is 9.59 Å². The molecule has 1 aliphatic rings. The third-order valence-corrected chi connectivity index (χ3v) is 2.69. The highest BCUT2D eigenvalue weighted by molar-refractivity contribution is 6.24. The summed E-state index contributed by atoms with van der Waals surface area (Å²) in [7, 11) is 0. The Morgan fingerprint density at radius 1 is 1.25 bits per heavy atom. The highest BCUT2D eigenvalue weighted by atomic mass is 16.3. The molecule has 0 aromatic carbocycles. The molecule has 0 saturated heterocycles. The summed E-state index contributed by atoms with van der Waals surface area (Å²) in [5.41, 5.74) is 1.32. The number of rotatable bonds is 2. The third kappa shape index (κ3) is 1.33. The van der Waals surface area contributed by atoms with Crippen LogP contribution in [0.2, 0.25) is 0 Å². The first-order chi connectivity index (χ1) is 7.60. The maximum absolute atomic E-state index is 11.8. The molecule has 5 heteroatoms. The zero-order valence-electron chi connectivity index (χ0n) is 8.70. The van der Waals surface area contributed by atoms with Crippen molar-refractivity contribution in [2.24, 2.45) is 0 Å². The third-order valence-electron chi connectivity index (χ3n) is 2.69. The molecule has 1 aromatic heterocycles. The van der Waals surface area contributed by atoms with Crippen molar-refractivity contribution in [3.63, 3.8) is 0 Å². The van der Waals surface area contributed by atoms with Gasteiger partial charge in [-0.25, -0.2) is 0 Å². The molecule has 0 radical (unpaired) electrons. The zero-order valence-corrected chi connectivity index (χ0v) is 8.70. The number of aliphatic hydroxyl groups excluding tert-OH is 2. The van der Waals surface area contributed by atoms with Gasteiger partial charge in [-0.1, -0.05) is 0 Å². The van der Waals surface area contributed by atoms with E-state index in [1.54, 1.807) is 6.92 Å². The number of H-pyrrole nitrogens is 1. The van der Waals surface area contributed by atoms with Gasteiger partial charge in [0.05, 0.1) is 24.5 Å². The number of aromatic nitrogens is 1. The quantitative estimate of drug-likeness (QED) is 0.671. The first-order valence-electron chi connectivity index (χ1n) is 4.83. The summed E-state index contributed by atoms with van der Waals surface area (Å²) in [5.74, 6) is -0.587. The molecule has 0 fully saturated rings. The zero-order chi connectivity index (χ0) is 11.9. The smallest absolute Gasteiger partial charge is 0.203 e. The van der Waals surface area contributed by atoms with Crippen LogP contribution in [0, 0.1) is 0 Å². The summed E-state index contributed by atoms with van der Waals surface area (Å²) in [6.45, 7) is 0.826. The van der Waals surface area contributed by atoms with E-state index in [-0.39, 0.29) is 36.0 Å². The van der Waals surface area contributed by atoms with E-state index in [2.05, 4.69) is 4.98 Å². The van der Waals surface area contributed by atoms with Gasteiger partial charge in [0.1, 0.15) is 0 Å². The summed E-state index contributed by atoms with van der Waals surface area (Å²) >= 11 is 0. The van der Waals surface area contributed by atoms with E-state index >= 15 is 0 Å². The first-order valence-corrected chi connectivity index (χ1v) is 4.83. The fraction of sp³-hybridized carbons (Fsp3) is 0.273. The highest BCUT2D eigenvalue weighted by Gasteiger charge is 2.29. The van der Waals surface area contributed by atoms with E-state index in [0.717, 1.165) is 0 Å². The fourth-order valence-electron chi connectivity index (χ4n) is 1.87.